The Morgan fingerprint density at radius 2 is 1.56 bits per heavy atom. The molecule has 0 unspecified atom stereocenters. The lowest BCUT2D eigenvalue weighted by Gasteiger charge is -2.27. The van der Waals surface area contributed by atoms with Gasteiger partial charge in [-0.2, -0.15) is 10.5 Å². The molecule has 0 aromatic carbocycles. The van der Waals surface area contributed by atoms with Crippen molar-refractivity contribution in [2.24, 2.45) is 11.5 Å². The average molecular weight is 228 g/mol. The van der Waals surface area contributed by atoms with Crippen LogP contribution < -0.4 is 11.5 Å². The first-order valence-electron chi connectivity index (χ1n) is 5.20. The summed E-state index contributed by atoms with van der Waals surface area (Å²) in [6.45, 7) is 6.44. The van der Waals surface area contributed by atoms with E-state index >= 15 is 0 Å². The number of nitrogens with two attached hydrogens (primary N) is 2. The first-order chi connectivity index (χ1) is 7.60. The first-order valence-corrected chi connectivity index (χ1v) is 5.20. The minimum Gasteiger partial charge on any atom is -0.337 e. The summed E-state index contributed by atoms with van der Waals surface area (Å²) in [5.41, 5.74) is 8.31. The van der Waals surface area contributed by atoms with Crippen molar-refractivity contribution < 1.29 is 9.22 Å². The van der Waals surface area contributed by atoms with Crippen molar-refractivity contribution >= 4 is 0 Å². The van der Waals surface area contributed by atoms with E-state index < -0.39 is 0 Å². The number of hydrogen-bond acceptors (Lipinski definition) is 5. The maximum Gasteiger partial charge on any atom is 0.182 e. The molecule has 1 fully saturated rings. The Hall–Kier alpha value is -1.50. The molecule has 1 aliphatic heterocycles. The molecule has 0 saturated carbocycles. The van der Waals surface area contributed by atoms with Crippen molar-refractivity contribution in [1.29, 1.82) is 10.5 Å². The van der Waals surface area contributed by atoms with Gasteiger partial charge in [0.05, 0.1) is 20.1 Å². The fraction of sp³-hybridized carbons (Fsp3) is 0.800. The Labute approximate surface area is 97.6 Å². The molecule has 92 valence electrons. The van der Waals surface area contributed by atoms with E-state index in [-0.39, 0.29) is 0 Å². The van der Waals surface area contributed by atoms with Gasteiger partial charge in [-0.3, -0.25) is 0 Å². The summed E-state index contributed by atoms with van der Waals surface area (Å²) < 4.78 is 6.53. The van der Waals surface area contributed by atoms with E-state index in [2.05, 4.69) is 25.4 Å². The van der Waals surface area contributed by atoms with Crippen molar-refractivity contribution in [3.05, 3.63) is 0 Å². The smallest absolute Gasteiger partial charge is 0.182 e. The summed E-state index contributed by atoms with van der Waals surface area (Å²) in [7, 11) is 2.28. The molecule has 0 aromatic heterocycles. The third-order valence-electron chi connectivity index (χ3n) is 2.25. The summed E-state index contributed by atoms with van der Waals surface area (Å²) in [6, 6.07) is 0. The number of rotatable bonds is 3. The van der Waals surface area contributed by atoms with Crippen LogP contribution in [0, 0.1) is 22.9 Å². The summed E-state index contributed by atoms with van der Waals surface area (Å²) in [4.78, 5) is 0. The fourth-order valence-corrected chi connectivity index (χ4v) is 1.54. The molecular formula is C10H22N5O+. The van der Waals surface area contributed by atoms with Gasteiger partial charge in [-0.15, -0.1) is 0 Å². The van der Waals surface area contributed by atoms with E-state index in [1.165, 1.54) is 38.3 Å². The second-order valence-corrected chi connectivity index (χ2v) is 3.65. The van der Waals surface area contributed by atoms with E-state index in [0.717, 1.165) is 17.8 Å². The van der Waals surface area contributed by atoms with Crippen LogP contribution in [-0.4, -0.2) is 38.0 Å². The molecule has 16 heavy (non-hydrogen) atoms. The van der Waals surface area contributed by atoms with Gasteiger partial charge in [-0.05, 0) is 6.92 Å². The van der Waals surface area contributed by atoms with Gasteiger partial charge < -0.3 is 20.7 Å². The molecule has 1 rings (SSSR count). The van der Waals surface area contributed by atoms with Crippen LogP contribution in [0.4, 0.5) is 0 Å². The van der Waals surface area contributed by atoms with Crippen LogP contribution in [0.15, 0.2) is 0 Å². The van der Waals surface area contributed by atoms with Crippen LogP contribution in [0.25, 0.3) is 0 Å². The number of nitrogens with zero attached hydrogens (tertiary/aromatic N) is 3. The predicted octanol–water partition coefficient (Wildman–Crippen LogP) is 0.0732. The van der Waals surface area contributed by atoms with Crippen LogP contribution >= 0.6 is 0 Å². The van der Waals surface area contributed by atoms with Crippen LogP contribution in [0.2, 0.25) is 0 Å². The Morgan fingerprint density at radius 3 is 1.88 bits per heavy atom. The van der Waals surface area contributed by atoms with Crippen molar-refractivity contribution in [3.63, 3.8) is 0 Å². The Morgan fingerprint density at radius 1 is 1.19 bits per heavy atom. The molecule has 0 spiro atoms. The normalized spacial score (nSPS) is 15.5. The quantitative estimate of drug-likeness (QED) is 0.403. The van der Waals surface area contributed by atoms with Crippen molar-refractivity contribution in [1.82, 2.24) is 0 Å². The molecule has 0 atom stereocenters. The molecule has 1 heterocycles. The summed E-state index contributed by atoms with van der Waals surface area (Å²) in [6.07, 6.45) is 5.26. The molecule has 1 saturated heterocycles. The van der Waals surface area contributed by atoms with Gasteiger partial charge in [-0.25, -0.2) is 0 Å². The lowest BCUT2D eigenvalue weighted by molar-refractivity contribution is -0.916. The van der Waals surface area contributed by atoms with Crippen molar-refractivity contribution in [3.8, 4) is 12.4 Å². The standard InChI is InChI=1S/C8H18NO.2CH2N2/c1-3-10-8-9(2)6-4-5-7-9;2*2-1-3/h3-8H2,1-2H3;2*2H2/q+1;;. The molecule has 0 aromatic rings. The molecule has 0 aliphatic carbocycles. The van der Waals surface area contributed by atoms with Gasteiger partial charge in [0.1, 0.15) is 0 Å². The summed E-state index contributed by atoms with van der Waals surface area (Å²) in [5, 5.41) is 14.2. The molecule has 0 radical (unpaired) electrons. The molecule has 4 N–H and O–H groups in total. The first kappa shape index (κ1) is 16.9. The minimum atomic E-state index is 0.855. The van der Waals surface area contributed by atoms with E-state index in [9.17, 15) is 0 Å². The van der Waals surface area contributed by atoms with Crippen molar-refractivity contribution in [2.45, 2.75) is 19.8 Å². The Bertz CT molecular complexity index is 212. The number of nitriles is 2. The van der Waals surface area contributed by atoms with Crippen LogP contribution in [0.5, 0.6) is 0 Å². The van der Waals surface area contributed by atoms with Crippen LogP contribution in [0.3, 0.4) is 0 Å². The highest BCUT2D eigenvalue weighted by atomic mass is 16.5. The van der Waals surface area contributed by atoms with Gasteiger partial charge in [0.2, 0.25) is 0 Å². The zero-order valence-electron chi connectivity index (χ0n) is 10.1. The van der Waals surface area contributed by atoms with Gasteiger partial charge in [0.15, 0.2) is 19.1 Å². The van der Waals surface area contributed by atoms with E-state index in [1.54, 1.807) is 0 Å². The number of ether oxygens (including phenoxy) is 1. The number of likely N-dealkylation sites (tertiary alicyclic amines) is 1. The summed E-state index contributed by atoms with van der Waals surface area (Å²) >= 11 is 0. The highest BCUT2D eigenvalue weighted by molar-refractivity contribution is 4.48. The minimum absolute atomic E-state index is 0.855. The lowest BCUT2D eigenvalue weighted by atomic mass is 10.4. The second kappa shape index (κ2) is 11.6. The maximum absolute atomic E-state index is 7.10. The predicted molar refractivity (Wildman–Crippen MR) is 61.2 cm³/mol. The maximum atomic E-state index is 7.10. The van der Waals surface area contributed by atoms with E-state index in [0.29, 0.717) is 0 Å². The van der Waals surface area contributed by atoms with Crippen LogP contribution in [-0.2, 0) is 4.74 Å². The highest BCUT2D eigenvalue weighted by Crippen LogP contribution is 2.15. The number of quaternary nitrogens is 1. The summed E-state index contributed by atoms with van der Waals surface area (Å²) in [5.74, 6) is 0. The lowest BCUT2D eigenvalue weighted by Crippen LogP contribution is -2.42. The molecule has 1 aliphatic rings. The molecular weight excluding hydrogens is 206 g/mol. The van der Waals surface area contributed by atoms with Gasteiger partial charge >= 0.3 is 0 Å². The third kappa shape index (κ3) is 10.6. The third-order valence-corrected chi connectivity index (χ3v) is 2.25. The van der Waals surface area contributed by atoms with Crippen molar-refractivity contribution in [2.75, 3.05) is 33.5 Å². The highest BCUT2D eigenvalue weighted by Gasteiger charge is 2.26. The van der Waals surface area contributed by atoms with Gasteiger partial charge in [0.25, 0.3) is 0 Å². The molecule has 0 bridgehead atoms. The largest absolute Gasteiger partial charge is 0.337 e. The Kier molecular flexibility index (Phi) is 12.2. The molecule has 6 heteroatoms. The van der Waals surface area contributed by atoms with Gasteiger partial charge in [-0.1, -0.05) is 0 Å². The second-order valence-electron chi connectivity index (χ2n) is 3.65. The monoisotopic (exact) mass is 228 g/mol. The van der Waals surface area contributed by atoms with E-state index in [1.807, 2.05) is 0 Å². The van der Waals surface area contributed by atoms with Gasteiger partial charge in [0, 0.05) is 19.4 Å². The SMILES string of the molecule is CCOC[N+]1(C)CCCC1.N#CN.N#CN. The fourth-order valence-electron chi connectivity index (χ4n) is 1.54. The topological polar surface area (TPSA) is 109 Å². The zero-order chi connectivity index (χ0) is 12.9. The Balaban J connectivity index is 0. The average Bonchev–Trinajstić information content (AvgIpc) is 2.65. The zero-order valence-corrected chi connectivity index (χ0v) is 10.1. The van der Waals surface area contributed by atoms with Crippen LogP contribution in [0.1, 0.15) is 19.8 Å². The molecule has 6 nitrogen and oxygen atoms in total. The number of hydrogen-bond donors (Lipinski definition) is 2. The van der Waals surface area contributed by atoms with E-state index in [4.69, 9.17) is 15.3 Å². The molecule has 0 amide bonds.